The molecule has 0 saturated carbocycles. The number of aliphatic hydroxyl groups is 1. The Morgan fingerprint density at radius 1 is 0.727 bits per heavy atom. The van der Waals surface area contributed by atoms with Crippen molar-refractivity contribution in [2.75, 3.05) is 0 Å². The normalized spacial score (nSPS) is 15.7. The molecule has 1 aromatic carbocycles. The van der Waals surface area contributed by atoms with Gasteiger partial charge in [0.05, 0.1) is 0 Å². The number of hydrogen-bond acceptors (Lipinski definition) is 2. The molecule has 0 aromatic heterocycles. The summed E-state index contributed by atoms with van der Waals surface area (Å²) in [5.41, 5.74) is -1.08. The van der Waals surface area contributed by atoms with Crippen LogP contribution in [0.25, 0.3) is 0 Å². The van der Waals surface area contributed by atoms with Gasteiger partial charge in [0.1, 0.15) is 11.9 Å². The van der Waals surface area contributed by atoms with Crippen LogP contribution in [0.1, 0.15) is 11.7 Å². The highest BCUT2D eigenvalue weighted by Gasteiger charge is 2.83. The van der Waals surface area contributed by atoms with Gasteiger partial charge in [0.25, 0.3) is 0 Å². The number of aliphatic hydroxyl groups excluding tert-OH is 1. The Balaban J connectivity index is 3.29. The Bertz CT molecular complexity index is 521. The second-order valence-corrected chi connectivity index (χ2v) is 4.26. The van der Waals surface area contributed by atoms with Crippen LogP contribution in [0.2, 0.25) is 0 Å². The third-order valence-corrected chi connectivity index (χ3v) is 2.72. The molecule has 1 rings (SSSR count). The molecule has 126 valence electrons. The lowest BCUT2D eigenvalue weighted by Crippen LogP contribution is -2.62. The Morgan fingerprint density at radius 3 is 1.50 bits per heavy atom. The summed E-state index contributed by atoms with van der Waals surface area (Å²) in [6.07, 6.45) is -10.6. The van der Waals surface area contributed by atoms with Crippen molar-refractivity contribution in [2.45, 2.75) is 30.0 Å². The molecule has 1 atom stereocenters. The molecule has 1 aromatic rings. The molecule has 0 radical (unpaired) electrons. The smallest absolute Gasteiger partial charge is 0.460 e. The lowest BCUT2D eigenvalue weighted by molar-refractivity contribution is -0.406. The summed E-state index contributed by atoms with van der Waals surface area (Å²) in [6.45, 7) is 0. The molecule has 0 spiro atoms. The standard InChI is InChI=1S/C11H7F9O2/c12-8(13,7(22)5-1-3-6(21)4-2-5)9(14,15)10(16,17)11(18,19)20/h1-4,7,21-22H. The summed E-state index contributed by atoms with van der Waals surface area (Å²) in [4.78, 5) is 0. The van der Waals surface area contributed by atoms with E-state index in [9.17, 15) is 39.5 Å². The fraction of sp³-hybridized carbons (Fsp3) is 0.455. The third kappa shape index (κ3) is 2.69. The van der Waals surface area contributed by atoms with Crippen LogP contribution in [-0.2, 0) is 0 Å². The Morgan fingerprint density at radius 2 is 1.14 bits per heavy atom. The lowest BCUT2D eigenvalue weighted by atomic mass is 9.94. The SMILES string of the molecule is Oc1ccc(C(O)C(F)(F)C(F)(F)C(F)(F)C(F)(F)F)cc1. The fourth-order valence-electron chi connectivity index (χ4n) is 1.42. The van der Waals surface area contributed by atoms with Crippen molar-refractivity contribution < 1.29 is 49.7 Å². The van der Waals surface area contributed by atoms with E-state index in [1.165, 1.54) is 0 Å². The van der Waals surface area contributed by atoms with E-state index in [-0.39, 0.29) is 0 Å². The molecule has 1 unspecified atom stereocenters. The van der Waals surface area contributed by atoms with Gasteiger partial charge in [-0.1, -0.05) is 12.1 Å². The summed E-state index contributed by atoms with van der Waals surface area (Å²) >= 11 is 0. The maximum atomic E-state index is 13.4. The first-order valence-electron chi connectivity index (χ1n) is 5.33. The highest BCUT2D eigenvalue weighted by atomic mass is 19.4. The zero-order chi connectivity index (χ0) is 17.6. The minimum atomic E-state index is -7.07. The summed E-state index contributed by atoms with van der Waals surface area (Å²) in [6, 6.07) is 2.23. The molecule has 0 amide bonds. The molecular weight excluding hydrogens is 335 g/mol. The Labute approximate surface area is 116 Å². The van der Waals surface area contributed by atoms with Gasteiger partial charge in [-0.25, -0.2) is 0 Å². The average molecular weight is 342 g/mol. The van der Waals surface area contributed by atoms with E-state index in [4.69, 9.17) is 10.2 Å². The quantitative estimate of drug-likeness (QED) is 0.815. The average Bonchev–Trinajstić information content (AvgIpc) is 2.37. The van der Waals surface area contributed by atoms with E-state index >= 15 is 0 Å². The number of alkyl halides is 9. The minimum absolute atomic E-state index is 0.468. The number of rotatable bonds is 4. The molecular formula is C11H7F9O2. The lowest BCUT2D eigenvalue weighted by Gasteiger charge is -2.35. The first-order chi connectivity index (χ1) is 9.66. The zero-order valence-corrected chi connectivity index (χ0v) is 10.2. The maximum absolute atomic E-state index is 13.4. The maximum Gasteiger partial charge on any atom is 0.460 e. The van der Waals surface area contributed by atoms with Crippen LogP contribution in [-0.4, -0.2) is 34.2 Å². The van der Waals surface area contributed by atoms with Gasteiger partial charge < -0.3 is 10.2 Å². The summed E-state index contributed by atoms with van der Waals surface area (Å²) < 4.78 is 114. The van der Waals surface area contributed by atoms with Crippen LogP contribution in [0.15, 0.2) is 24.3 Å². The predicted octanol–water partition coefficient (Wildman–Crippen LogP) is 3.89. The topological polar surface area (TPSA) is 40.5 Å². The summed E-state index contributed by atoms with van der Waals surface area (Å²) in [7, 11) is 0. The number of benzene rings is 1. The molecule has 2 nitrogen and oxygen atoms in total. The monoisotopic (exact) mass is 342 g/mol. The van der Waals surface area contributed by atoms with Crippen LogP contribution in [0.3, 0.4) is 0 Å². The van der Waals surface area contributed by atoms with Crippen molar-refractivity contribution in [1.82, 2.24) is 0 Å². The van der Waals surface area contributed by atoms with Gasteiger partial charge >= 0.3 is 23.9 Å². The van der Waals surface area contributed by atoms with Crippen molar-refractivity contribution in [3.8, 4) is 5.75 Å². The van der Waals surface area contributed by atoms with E-state index in [0.29, 0.717) is 24.3 Å². The third-order valence-electron chi connectivity index (χ3n) is 2.72. The fourth-order valence-corrected chi connectivity index (χ4v) is 1.42. The first kappa shape index (κ1) is 18.4. The highest BCUT2D eigenvalue weighted by molar-refractivity contribution is 5.29. The predicted molar refractivity (Wildman–Crippen MR) is 54.0 cm³/mol. The van der Waals surface area contributed by atoms with E-state index in [1.807, 2.05) is 0 Å². The molecule has 2 N–H and O–H groups in total. The number of halogens is 9. The van der Waals surface area contributed by atoms with Crippen molar-refractivity contribution >= 4 is 0 Å². The van der Waals surface area contributed by atoms with Crippen LogP contribution >= 0.6 is 0 Å². The van der Waals surface area contributed by atoms with Crippen molar-refractivity contribution in [3.05, 3.63) is 29.8 Å². The number of phenols is 1. The molecule has 0 saturated heterocycles. The highest BCUT2D eigenvalue weighted by Crippen LogP contribution is 2.56. The van der Waals surface area contributed by atoms with Gasteiger partial charge in [-0.15, -0.1) is 0 Å². The van der Waals surface area contributed by atoms with Crippen LogP contribution in [0.4, 0.5) is 39.5 Å². The van der Waals surface area contributed by atoms with Crippen molar-refractivity contribution in [2.24, 2.45) is 0 Å². The van der Waals surface area contributed by atoms with Gasteiger partial charge in [-0.2, -0.15) is 39.5 Å². The van der Waals surface area contributed by atoms with Crippen molar-refractivity contribution in [1.29, 1.82) is 0 Å². The number of hydrogen-bond donors (Lipinski definition) is 2. The molecule has 0 fully saturated rings. The first-order valence-corrected chi connectivity index (χ1v) is 5.33. The van der Waals surface area contributed by atoms with Crippen LogP contribution in [0.5, 0.6) is 5.75 Å². The van der Waals surface area contributed by atoms with Crippen molar-refractivity contribution in [3.63, 3.8) is 0 Å². The minimum Gasteiger partial charge on any atom is -0.508 e. The molecule has 0 aliphatic carbocycles. The summed E-state index contributed by atoms with van der Waals surface area (Å²) in [5, 5.41) is 17.9. The van der Waals surface area contributed by atoms with E-state index in [2.05, 4.69) is 0 Å². The largest absolute Gasteiger partial charge is 0.508 e. The van der Waals surface area contributed by atoms with E-state index in [0.717, 1.165) is 0 Å². The molecule has 22 heavy (non-hydrogen) atoms. The molecule has 0 heterocycles. The number of aromatic hydroxyl groups is 1. The van der Waals surface area contributed by atoms with Gasteiger partial charge in [0, 0.05) is 0 Å². The van der Waals surface area contributed by atoms with Crippen LogP contribution in [0, 0.1) is 0 Å². The summed E-state index contributed by atoms with van der Waals surface area (Å²) in [5.74, 6) is -20.6. The molecule has 0 bridgehead atoms. The van der Waals surface area contributed by atoms with E-state index in [1.54, 1.807) is 0 Å². The van der Waals surface area contributed by atoms with Gasteiger partial charge in [-0.3, -0.25) is 0 Å². The molecule has 11 heteroatoms. The Hall–Kier alpha value is -1.65. The van der Waals surface area contributed by atoms with Gasteiger partial charge in [0.15, 0.2) is 0 Å². The van der Waals surface area contributed by atoms with E-state index < -0.39 is 41.4 Å². The zero-order valence-electron chi connectivity index (χ0n) is 10.2. The van der Waals surface area contributed by atoms with Gasteiger partial charge in [0.2, 0.25) is 0 Å². The van der Waals surface area contributed by atoms with Crippen LogP contribution < -0.4 is 0 Å². The molecule has 0 aliphatic heterocycles. The Kier molecular flexibility index (Phi) is 4.36. The molecule has 0 aliphatic rings. The second-order valence-electron chi connectivity index (χ2n) is 4.26. The number of phenolic OH excluding ortho intramolecular Hbond substituents is 1. The van der Waals surface area contributed by atoms with Gasteiger partial charge in [-0.05, 0) is 17.7 Å². The second kappa shape index (κ2) is 5.21.